The summed E-state index contributed by atoms with van der Waals surface area (Å²) in [6.07, 6.45) is 3.08. The summed E-state index contributed by atoms with van der Waals surface area (Å²) < 4.78 is 60.3. The van der Waals surface area contributed by atoms with Crippen LogP contribution in [0.1, 0.15) is 48.2 Å². The van der Waals surface area contributed by atoms with Crippen LogP contribution in [-0.2, 0) is 11.2 Å². The number of carboxylic acids is 1. The lowest BCUT2D eigenvalue weighted by molar-refractivity contribution is -0.131. The molecule has 1 fully saturated rings. The summed E-state index contributed by atoms with van der Waals surface area (Å²) in [5.74, 6) is -3.42. The Morgan fingerprint density at radius 3 is 2.55 bits per heavy atom. The molecular formula is C25H22F4N2O2. The van der Waals surface area contributed by atoms with E-state index in [4.69, 9.17) is 5.11 Å². The lowest BCUT2D eigenvalue weighted by Gasteiger charge is -2.41. The molecule has 1 aliphatic carbocycles. The molecule has 2 heterocycles. The van der Waals surface area contributed by atoms with Crippen molar-refractivity contribution in [3.8, 4) is 0 Å². The highest BCUT2D eigenvalue weighted by Gasteiger charge is 2.49. The van der Waals surface area contributed by atoms with Crippen molar-refractivity contribution in [1.82, 2.24) is 9.88 Å². The van der Waals surface area contributed by atoms with Gasteiger partial charge in [-0.3, -0.25) is 4.90 Å². The highest BCUT2D eigenvalue weighted by molar-refractivity contribution is 5.86. The summed E-state index contributed by atoms with van der Waals surface area (Å²) in [5, 5.41) is 9.18. The van der Waals surface area contributed by atoms with E-state index in [-0.39, 0.29) is 23.7 Å². The van der Waals surface area contributed by atoms with Crippen LogP contribution in [0.2, 0.25) is 0 Å². The number of fused-ring (bicyclic) bond motifs is 3. The molecule has 0 amide bonds. The molecule has 8 heteroatoms. The topological polar surface area (TPSA) is 56.3 Å². The molecule has 0 unspecified atom stereocenters. The number of rotatable bonds is 5. The Bertz CT molecular complexity index is 1270. The van der Waals surface area contributed by atoms with E-state index in [2.05, 4.69) is 4.98 Å². The standard InChI is InChI=1S/C25H22F4N2O2/c1-13-9-15-21-16(26)3-2-4-19(21)30-23(15)24(31(13)12-25(29)7-8-25)22-17(27)10-14(11-18(22)28)5-6-20(32)33/h2-6,10-11,13,24,30H,7-9,12H2,1H3,(H,32,33)/b6-5+/t13-,24-/m0/s1. The van der Waals surface area contributed by atoms with Gasteiger partial charge in [-0.2, -0.15) is 0 Å². The van der Waals surface area contributed by atoms with Crippen molar-refractivity contribution in [3.63, 3.8) is 0 Å². The van der Waals surface area contributed by atoms with E-state index in [0.717, 1.165) is 24.3 Å². The molecule has 2 aliphatic rings. The summed E-state index contributed by atoms with van der Waals surface area (Å²) in [6, 6.07) is 5.43. The van der Waals surface area contributed by atoms with Crippen LogP contribution >= 0.6 is 0 Å². The van der Waals surface area contributed by atoms with Crippen LogP contribution in [0.4, 0.5) is 17.6 Å². The van der Waals surface area contributed by atoms with E-state index < -0.39 is 35.1 Å². The third-order valence-electron chi connectivity index (χ3n) is 6.63. The largest absolute Gasteiger partial charge is 0.478 e. The van der Waals surface area contributed by atoms with Gasteiger partial charge in [-0.1, -0.05) is 6.07 Å². The van der Waals surface area contributed by atoms with Gasteiger partial charge in [-0.25, -0.2) is 22.4 Å². The van der Waals surface area contributed by atoms with E-state index in [0.29, 0.717) is 41.4 Å². The van der Waals surface area contributed by atoms with Gasteiger partial charge >= 0.3 is 5.97 Å². The molecule has 0 spiro atoms. The van der Waals surface area contributed by atoms with Gasteiger partial charge in [-0.05, 0) is 67.7 Å². The van der Waals surface area contributed by atoms with Gasteiger partial charge in [-0.15, -0.1) is 0 Å². The third kappa shape index (κ3) is 3.82. The smallest absolute Gasteiger partial charge is 0.328 e. The van der Waals surface area contributed by atoms with Crippen molar-refractivity contribution in [2.24, 2.45) is 0 Å². The summed E-state index contributed by atoms with van der Waals surface area (Å²) in [4.78, 5) is 15.7. The first kappa shape index (κ1) is 21.7. The second-order valence-electron chi connectivity index (χ2n) is 9.03. The Labute approximate surface area is 187 Å². The maximum atomic E-state index is 15.4. The quantitative estimate of drug-likeness (QED) is 0.391. The number of hydrogen-bond acceptors (Lipinski definition) is 2. The summed E-state index contributed by atoms with van der Waals surface area (Å²) in [5.41, 5.74) is -0.0241. The van der Waals surface area contributed by atoms with Crippen LogP contribution in [0.25, 0.3) is 17.0 Å². The number of carbonyl (C=O) groups is 1. The van der Waals surface area contributed by atoms with Gasteiger partial charge in [0.15, 0.2) is 0 Å². The molecule has 0 bridgehead atoms. The van der Waals surface area contributed by atoms with E-state index >= 15 is 8.78 Å². The fourth-order valence-corrected chi connectivity index (χ4v) is 4.88. The average Bonchev–Trinajstić information content (AvgIpc) is 3.35. The molecule has 1 aliphatic heterocycles. The maximum absolute atomic E-state index is 15.4. The number of aliphatic carboxylic acids is 1. The zero-order valence-corrected chi connectivity index (χ0v) is 17.8. The van der Waals surface area contributed by atoms with Crippen molar-refractivity contribution >= 4 is 22.9 Å². The number of aromatic amines is 1. The Kier molecular flexibility index (Phi) is 5.08. The number of nitrogens with zero attached hydrogens (tertiary/aromatic N) is 1. The van der Waals surface area contributed by atoms with Crippen LogP contribution < -0.4 is 0 Å². The molecule has 4 nitrogen and oxygen atoms in total. The Morgan fingerprint density at radius 1 is 1.21 bits per heavy atom. The average molecular weight is 458 g/mol. The predicted molar refractivity (Wildman–Crippen MR) is 116 cm³/mol. The monoisotopic (exact) mass is 458 g/mol. The number of benzene rings is 2. The maximum Gasteiger partial charge on any atom is 0.328 e. The van der Waals surface area contributed by atoms with E-state index in [9.17, 15) is 13.6 Å². The fraction of sp³-hybridized carbons (Fsp3) is 0.320. The van der Waals surface area contributed by atoms with Crippen molar-refractivity contribution in [3.05, 3.63) is 76.2 Å². The predicted octanol–water partition coefficient (Wildman–Crippen LogP) is 5.52. The van der Waals surface area contributed by atoms with Crippen molar-refractivity contribution in [2.75, 3.05) is 6.54 Å². The molecule has 2 N–H and O–H groups in total. The molecule has 2 aromatic carbocycles. The number of alkyl halides is 1. The van der Waals surface area contributed by atoms with Gasteiger partial charge < -0.3 is 10.1 Å². The van der Waals surface area contributed by atoms with Crippen LogP contribution in [0, 0.1) is 17.5 Å². The molecule has 3 aromatic rings. The Balaban J connectivity index is 1.70. The third-order valence-corrected chi connectivity index (χ3v) is 6.63. The van der Waals surface area contributed by atoms with Crippen LogP contribution in [0.3, 0.4) is 0 Å². The minimum Gasteiger partial charge on any atom is -0.478 e. The lowest BCUT2D eigenvalue weighted by Crippen LogP contribution is -2.46. The molecule has 0 saturated heterocycles. The van der Waals surface area contributed by atoms with Crippen molar-refractivity contribution < 1.29 is 27.5 Å². The fourth-order valence-electron chi connectivity index (χ4n) is 4.88. The van der Waals surface area contributed by atoms with Gasteiger partial charge in [0.25, 0.3) is 0 Å². The second kappa shape index (κ2) is 7.73. The van der Waals surface area contributed by atoms with E-state index in [1.165, 1.54) is 6.07 Å². The van der Waals surface area contributed by atoms with Gasteiger partial charge in [0.1, 0.15) is 23.1 Å². The highest BCUT2D eigenvalue weighted by atomic mass is 19.1. The van der Waals surface area contributed by atoms with Gasteiger partial charge in [0, 0.05) is 40.8 Å². The number of hydrogen-bond donors (Lipinski definition) is 2. The normalized spacial score (nSPS) is 22.1. The SMILES string of the molecule is C[C@H]1Cc2c([nH]c3cccc(F)c23)[C@H](c2c(F)cc(/C=C/C(=O)O)cc2F)N1CC1(F)CC1. The molecular weight excluding hydrogens is 436 g/mol. The van der Waals surface area contributed by atoms with Crippen LogP contribution in [0.5, 0.6) is 0 Å². The Hall–Kier alpha value is -3.13. The summed E-state index contributed by atoms with van der Waals surface area (Å²) >= 11 is 0. The summed E-state index contributed by atoms with van der Waals surface area (Å²) in [7, 11) is 0. The van der Waals surface area contributed by atoms with Gasteiger partial charge in [0.05, 0.1) is 6.04 Å². The molecule has 0 radical (unpaired) electrons. The van der Waals surface area contributed by atoms with Crippen molar-refractivity contribution in [1.29, 1.82) is 0 Å². The molecule has 1 saturated carbocycles. The molecule has 2 atom stereocenters. The first-order valence-corrected chi connectivity index (χ1v) is 10.8. The zero-order chi connectivity index (χ0) is 23.5. The number of H-pyrrole nitrogens is 1. The number of aromatic nitrogens is 1. The van der Waals surface area contributed by atoms with Crippen molar-refractivity contribution in [2.45, 2.75) is 43.9 Å². The van der Waals surface area contributed by atoms with E-state index in [1.54, 1.807) is 17.0 Å². The molecule has 1 aromatic heterocycles. The molecule has 172 valence electrons. The molecule has 5 rings (SSSR count). The number of carboxylic acid groups (broad SMARTS) is 1. The second-order valence-corrected chi connectivity index (χ2v) is 9.03. The minimum absolute atomic E-state index is 0.00959. The van der Waals surface area contributed by atoms with Crippen LogP contribution in [-0.4, -0.2) is 39.2 Å². The first-order valence-electron chi connectivity index (χ1n) is 10.8. The lowest BCUT2D eigenvalue weighted by atomic mass is 9.87. The summed E-state index contributed by atoms with van der Waals surface area (Å²) in [6.45, 7) is 1.86. The minimum atomic E-state index is -1.40. The van der Waals surface area contributed by atoms with Crippen LogP contribution in [0.15, 0.2) is 36.4 Å². The number of halogens is 4. The molecule has 33 heavy (non-hydrogen) atoms. The Morgan fingerprint density at radius 2 is 1.91 bits per heavy atom. The zero-order valence-electron chi connectivity index (χ0n) is 17.8. The number of nitrogens with one attached hydrogen (secondary N) is 1. The van der Waals surface area contributed by atoms with E-state index in [1.807, 2.05) is 6.92 Å². The highest BCUT2D eigenvalue weighted by Crippen LogP contribution is 2.47. The first-order chi connectivity index (χ1) is 15.7. The van der Waals surface area contributed by atoms with Gasteiger partial charge in [0.2, 0.25) is 0 Å².